The molecule has 0 atom stereocenters. The molecule has 0 radical (unpaired) electrons. The number of alkyl halides is 24. The van der Waals surface area contributed by atoms with Crippen LogP contribution in [0.3, 0.4) is 0 Å². The monoisotopic (exact) mass is 1510 g/mol. The lowest BCUT2D eigenvalue weighted by Crippen LogP contribution is -3.61. The molecule has 28 heteroatoms. The van der Waals surface area contributed by atoms with Crippen LogP contribution >= 0.6 is 22.7 Å². The Bertz CT molecular complexity index is 4240. The van der Waals surface area contributed by atoms with Crippen molar-refractivity contribution in [2.75, 3.05) is 0 Å². The zero-order valence-corrected chi connectivity index (χ0v) is 51.3. The van der Waals surface area contributed by atoms with Gasteiger partial charge in [-0.25, -0.2) is 0 Å². The van der Waals surface area contributed by atoms with Crippen molar-refractivity contribution in [2.24, 2.45) is 0 Å². The third kappa shape index (κ3) is 14.0. The molecule has 0 aliphatic rings. The maximum absolute atomic E-state index is 14.2. The van der Waals surface area contributed by atoms with Crippen molar-refractivity contribution in [1.82, 2.24) is 0 Å². The van der Waals surface area contributed by atoms with E-state index in [4.69, 9.17) is 0 Å². The lowest BCUT2D eigenvalue weighted by molar-refractivity contribution is -0.585. The van der Waals surface area contributed by atoms with Gasteiger partial charge in [0.15, 0.2) is 0 Å². The van der Waals surface area contributed by atoms with Gasteiger partial charge in [-0.2, -0.15) is 127 Å². The minimum atomic E-state index is -6.13. The third-order valence-corrected chi connectivity index (χ3v) is 21.7. The Balaban J connectivity index is 0.000000207. The summed E-state index contributed by atoms with van der Waals surface area (Å²) < 4.78 is 344. The van der Waals surface area contributed by atoms with Crippen molar-refractivity contribution in [3.63, 3.8) is 0 Å². The van der Waals surface area contributed by atoms with Gasteiger partial charge in [-0.05, 0) is 91.6 Å². The Labute approximate surface area is 544 Å². The Hall–Kier alpha value is -8.25. The molecule has 12 rings (SSSR count). The highest BCUT2D eigenvalue weighted by Crippen LogP contribution is 2.44. The fourth-order valence-corrected chi connectivity index (χ4v) is 18.2. The molecule has 0 unspecified atom stereocenters. The fourth-order valence-electron chi connectivity index (χ4n) is 11.7. The van der Waals surface area contributed by atoms with E-state index in [1.165, 1.54) is 69.7 Å². The molecule has 0 aliphatic heterocycles. The van der Waals surface area contributed by atoms with Gasteiger partial charge < -0.3 is 0 Å². The molecule has 0 N–H and O–H groups in total. The van der Waals surface area contributed by atoms with Crippen LogP contribution in [-0.2, 0) is 49.4 Å². The van der Waals surface area contributed by atoms with E-state index in [-0.39, 0.29) is 21.2 Å². The summed E-state index contributed by atoms with van der Waals surface area (Å²) in [5.74, 6) is 0. The smallest absolute Gasteiger partial charge is 0.194 e. The second-order valence-corrected chi connectivity index (χ2v) is 28.4. The van der Waals surface area contributed by atoms with Crippen molar-refractivity contribution in [2.45, 2.75) is 49.4 Å². The van der Waals surface area contributed by atoms with Gasteiger partial charge in [0.25, 0.3) is 0 Å². The molecule has 0 nitrogen and oxygen atoms in total. The molecule has 10 aromatic carbocycles. The Morgan fingerprint density at radius 1 is 0.229 bits per heavy atom. The average Bonchev–Trinajstić information content (AvgIpc) is 0.878. The molecule has 0 saturated heterocycles. The van der Waals surface area contributed by atoms with Crippen molar-refractivity contribution in [1.29, 1.82) is 0 Å². The summed E-state index contributed by atoms with van der Waals surface area (Å²) >= 11 is 3.70. The van der Waals surface area contributed by atoms with Crippen LogP contribution in [0.15, 0.2) is 206 Å². The molecule has 0 fully saturated rings. The lowest BCUT2D eigenvalue weighted by Gasteiger charge is -2.46. The van der Waals surface area contributed by atoms with Crippen LogP contribution in [0.25, 0.3) is 64.0 Å². The van der Waals surface area contributed by atoms with Gasteiger partial charge in [0.05, 0.1) is 44.5 Å². The Morgan fingerprint density at radius 3 is 0.625 bits per heavy atom. The first-order valence-corrected chi connectivity index (χ1v) is 31.4. The number of hydrogen-bond acceptors (Lipinski definition) is 2. The molecular formula is C68H34BF24IS2. The van der Waals surface area contributed by atoms with Crippen LogP contribution in [0.5, 0.6) is 0 Å². The predicted octanol–water partition coefficient (Wildman–Crippen LogP) is 19.1. The van der Waals surface area contributed by atoms with Crippen LogP contribution in [0.1, 0.15) is 44.5 Å². The van der Waals surface area contributed by atoms with Crippen LogP contribution in [0.4, 0.5) is 105 Å². The van der Waals surface area contributed by atoms with E-state index >= 15 is 0 Å². The van der Waals surface area contributed by atoms with Gasteiger partial charge in [0, 0.05) is 33.0 Å². The summed E-state index contributed by atoms with van der Waals surface area (Å²) in [5.41, 5.74) is -27.5. The van der Waals surface area contributed by atoms with E-state index in [1.807, 2.05) is 22.7 Å². The fraction of sp³-hybridized carbons (Fsp3) is 0.118. The standard InChI is InChI=1S/C36H22IS2.C32H12BF24/c1-5-13-27-23(9-1)21-24-10-2-6-14-28(24)35(27)31-17-19-33(38-31)37-34-20-18-32(39-34)36-29-15-7-3-11-25(29)22-26-12-4-8-16-30(26)36;34-25(35,36)13-1-14(26(37,38)39)6-21(5-13)33(22-7-15(27(40,41)42)2-16(8-22)28(43,44)45,23-9-17(29(46,47)48)3-18(10-23)30(49,50)51)24-11-19(31(52,53)54)4-20(12-24)32(55,56)57/h1-22H;1-12H/q+1;-1. The predicted molar refractivity (Wildman–Crippen MR) is 317 cm³/mol. The quantitative estimate of drug-likeness (QED) is 0.0616. The first-order chi connectivity index (χ1) is 44.6. The first kappa shape index (κ1) is 69.1. The summed E-state index contributed by atoms with van der Waals surface area (Å²) in [4.78, 5) is 2.74. The van der Waals surface area contributed by atoms with Crippen molar-refractivity contribution >= 4 is 93.8 Å². The summed E-state index contributed by atoms with van der Waals surface area (Å²) in [6.07, 6.45) is -54.8. The molecule has 0 bridgehead atoms. The molecule has 0 spiro atoms. The van der Waals surface area contributed by atoms with Crippen LogP contribution in [-0.4, -0.2) is 6.15 Å². The number of rotatable bonds is 8. The second kappa shape index (κ2) is 24.7. The van der Waals surface area contributed by atoms with Crippen molar-refractivity contribution in [3.8, 4) is 20.9 Å². The van der Waals surface area contributed by atoms with Gasteiger partial charge in [0.1, 0.15) is 6.15 Å². The normalized spacial score (nSPS) is 13.2. The summed E-state index contributed by atoms with van der Waals surface area (Å²) in [7, 11) is 0. The first-order valence-electron chi connectivity index (χ1n) is 27.6. The topological polar surface area (TPSA) is 0 Å². The Kier molecular flexibility index (Phi) is 17.8. The van der Waals surface area contributed by atoms with E-state index in [0.29, 0.717) is 0 Å². The average molecular weight is 1510 g/mol. The minimum absolute atomic E-state index is 0.253. The maximum atomic E-state index is 14.2. The zero-order chi connectivity index (χ0) is 69.7. The SMILES string of the molecule is FC(F)(F)c1cc([B-](c2cc(C(F)(F)F)cc(C(F)(F)F)c2)(c2cc(C(F)(F)F)cc(C(F)(F)F)c2)c2cc(C(F)(F)F)cc(C(F)(F)F)c2)cc(C(F)(F)F)c1.c1ccc2c(-c3ccc([I+]c4ccc(-c5c6ccccc6cc6ccccc56)s4)s3)c3ccccc3cc2c1. The maximum Gasteiger partial charge on any atom is 0.416 e. The van der Waals surface area contributed by atoms with Gasteiger partial charge in [-0.1, -0.05) is 168 Å². The lowest BCUT2D eigenvalue weighted by atomic mass is 9.12. The molecule has 96 heavy (non-hydrogen) atoms. The van der Waals surface area contributed by atoms with Gasteiger partial charge in [-0.15, -0.1) is 0 Å². The minimum Gasteiger partial charge on any atom is -0.194 e. The van der Waals surface area contributed by atoms with Crippen LogP contribution < -0.4 is 43.1 Å². The van der Waals surface area contributed by atoms with Crippen molar-refractivity contribution < 1.29 is 127 Å². The highest BCUT2D eigenvalue weighted by atomic mass is 127. The van der Waals surface area contributed by atoms with Crippen molar-refractivity contribution in [3.05, 3.63) is 257 Å². The highest BCUT2D eigenvalue weighted by molar-refractivity contribution is 7.20. The van der Waals surface area contributed by atoms with Gasteiger partial charge in [0.2, 0.25) is 5.77 Å². The molecule has 0 saturated carbocycles. The third-order valence-electron chi connectivity index (χ3n) is 15.8. The summed E-state index contributed by atoms with van der Waals surface area (Å²) in [6.45, 7) is 0. The molecule has 0 aliphatic carbocycles. The Morgan fingerprint density at radius 2 is 0.427 bits per heavy atom. The molecule has 2 aromatic heterocycles. The molecule has 2 heterocycles. The van der Waals surface area contributed by atoms with Gasteiger partial charge >= 0.3 is 70.6 Å². The summed E-state index contributed by atoms with van der Waals surface area (Å²) in [5, 5.41) is 10.6. The molecule has 12 aromatic rings. The number of benzene rings is 10. The highest BCUT2D eigenvalue weighted by Gasteiger charge is 2.47. The van der Waals surface area contributed by atoms with Gasteiger partial charge in [-0.3, -0.25) is 0 Å². The molecular weight excluding hydrogens is 1470 g/mol. The van der Waals surface area contributed by atoms with Crippen LogP contribution in [0, 0.1) is 5.77 Å². The van der Waals surface area contributed by atoms with E-state index in [2.05, 4.69) is 133 Å². The largest absolute Gasteiger partial charge is 0.416 e. The van der Waals surface area contributed by atoms with Crippen LogP contribution in [0.2, 0.25) is 0 Å². The second-order valence-electron chi connectivity index (χ2n) is 21.9. The van der Waals surface area contributed by atoms with E-state index in [1.54, 1.807) is 0 Å². The number of fused-ring (bicyclic) bond motifs is 4. The number of halogens is 25. The van der Waals surface area contributed by atoms with E-state index in [9.17, 15) is 105 Å². The molecule has 0 amide bonds. The summed E-state index contributed by atoms with van der Waals surface area (Å²) in [6, 6.07) is 40.5. The number of thiophene rings is 2. The zero-order valence-electron chi connectivity index (χ0n) is 47.5. The van der Waals surface area contributed by atoms with E-state index < -0.39 is 195 Å². The molecule has 496 valence electrons. The van der Waals surface area contributed by atoms with E-state index in [0.717, 1.165) is 0 Å². The number of hydrogen-bond donors (Lipinski definition) is 0.